The summed E-state index contributed by atoms with van der Waals surface area (Å²) in [5, 5.41) is 24.2. The molecule has 1 aromatic heterocycles. The first kappa shape index (κ1) is 35.3. The second kappa shape index (κ2) is 14.0. The van der Waals surface area contributed by atoms with Crippen molar-refractivity contribution in [2.75, 3.05) is 38.5 Å². The summed E-state index contributed by atoms with van der Waals surface area (Å²) in [7, 11) is -5.02. The standard InChI is InChI=1S/C26H35N9O10S2/c1-25(2)19(21(37)35(25)45-47(40,41)42)33-20(36)18(17-12-46-23(28)32-17)34-44-26(3,22(38)39)13-43-16-6-4-14(5-7-16)15-10-30-24(31-11-15)29-9-8-27/h4-7,12,15,19H,8-11,13,27H2,1-3H3,(H2,28,32)(H,33,36)(H,38,39)(H2,29,30,31)(H,40,41,42). The van der Waals surface area contributed by atoms with E-state index in [4.69, 9.17) is 25.6 Å². The number of hydrogen-bond acceptors (Lipinski definition) is 16. The molecule has 1 saturated heterocycles. The van der Waals surface area contributed by atoms with Crippen LogP contribution in [0.25, 0.3) is 0 Å². The van der Waals surface area contributed by atoms with Crippen LogP contribution in [-0.4, -0.2) is 108 Å². The molecule has 0 radical (unpaired) electrons. The minimum atomic E-state index is -5.02. The average molecular weight is 698 g/mol. The Morgan fingerprint density at radius 1 is 1.30 bits per heavy atom. The number of hydrogen-bond donors (Lipinski definition) is 7. The van der Waals surface area contributed by atoms with E-state index >= 15 is 0 Å². The van der Waals surface area contributed by atoms with Crippen molar-refractivity contribution in [3.63, 3.8) is 0 Å². The zero-order valence-electron chi connectivity index (χ0n) is 25.5. The minimum Gasteiger partial charge on any atom is -0.489 e. The molecule has 3 atom stereocenters. The summed E-state index contributed by atoms with van der Waals surface area (Å²) >= 11 is 0.958. The zero-order chi connectivity index (χ0) is 34.6. The molecule has 4 rings (SSSR count). The van der Waals surface area contributed by atoms with Crippen molar-refractivity contribution in [1.82, 2.24) is 26.0 Å². The molecule has 1 fully saturated rings. The summed E-state index contributed by atoms with van der Waals surface area (Å²) in [5.74, 6) is -2.34. The van der Waals surface area contributed by atoms with Crippen molar-refractivity contribution in [1.29, 1.82) is 0 Å². The molecule has 2 amide bonds. The maximum absolute atomic E-state index is 13.3. The predicted octanol–water partition coefficient (Wildman–Crippen LogP) is -1.20. The number of oxime groups is 1. The number of guanidine groups is 1. The van der Waals surface area contributed by atoms with Crippen LogP contribution in [0.3, 0.4) is 0 Å². The summed E-state index contributed by atoms with van der Waals surface area (Å²) in [4.78, 5) is 51.9. The highest BCUT2D eigenvalue weighted by Gasteiger charge is 2.58. The number of thiazole rings is 1. The Morgan fingerprint density at radius 3 is 2.53 bits per heavy atom. The number of carboxylic acid groups (broad SMARTS) is 1. The fraction of sp³-hybridized carbons (Fsp3) is 0.462. The summed E-state index contributed by atoms with van der Waals surface area (Å²) in [6, 6.07) is 5.70. The number of nitrogens with two attached hydrogens (primary N) is 2. The van der Waals surface area contributed by atoms with E-state index in [0.717, 1.165) is 16.9 Å². The van der Waals surface area contributed by atoms with Gasteiger partial charge in [0.2, 0.25) is 0 Å². The molecule has 3 heterocycles. The molecule has 0 saturated carbocycles. The fourth-order valence-electron chi connectivity index (χ4n) is 4.43. The largest absolute Gasteiger partial charge is 0.489 e. The number of carbonyl (C=O) groups is 3. The predicted molar refractivity (Wildman–Crippen MR) is 168 cm³/mol. The molecule has 9 N–H and O–H groups in total. The van der Waals surface area contributed by atoms with Crippen LogP contribution in [-0.2, 0) is 33.9 Å². The van der Waals surface area contributed by atoms with E-state index in [1.165, 1.54) is 26.2 Å². The number of nitrogens with zero attached hydrogens (tertiary/aromatic N) is 4. The highest BCUT2D eigenvalue weighted by atomic mass is 32.3. The molecule has 19 nitrogen and oxygen atoms in total. The number of aliphatic carboxylic acids is 1. The Kier molecular flexibility index (Phi) is 10.5. The van der Waals surface area contributed by atoms with Gasteiger partial charge in [0.1, 0.15) is 24.1 Å². The number of aliphatic imine (C=N–C) groups is 1. The lowest BCUT2D eigenvalue weighted by molar-refractivity contribution is -0.218. The zero-order valence-corrected chi connectivity index (χ0v) is 27.1. The van der Waals surface area contributed by atoms with Gasteiger partial charge in [0, 0.05) is 30.9 Å². The fourth-order valence-corrected chi connectivity index (χ4v) is 5.43. The summed E-state index contributed by atoms with van der Waals surface area (Å²) < 4.78 is 41.2. The number of benzene rings is 1. The van der Waals surface area contributed by atoms with Gasteiger partial charge in [-0.05, 0) is 38.5 Å². The highest BCUT2D eigenvalue weighted by Crippen LogP contribution is 2.33. The number of rotatable bonds is 14. The monoisotopic (exact) mass is 697 g/mol. The molecule has 2 aliphatic heterocycles. The SMILES string of the molecule is CC(COc1ccc(C2CN=C(NCCN)NC2)cc1)(ON=C(C(=O)NC1C(=O)N(OS(=O)(=O)O)C1(C)C)c1csc(N)n1)C(=O)O. The number of aromatic nitrogens is 1. The summed E-state index contributed by atoms with van der Waals surface area (Å²) in [5.41, 5.74) is 8.06. The van der Waals surface area contributed by atoms with Gasteiger partial charge < -0.3 is 42.1 Å². The van der Waals surface area contributed by atoms with E-state index in [2.05, 4.69) is 35.4 Å². The van der Waals surface area contributed by atoms with Gasteiger partial charge in [-0.15, -0.1) is 15.6 Å². The van der Waals surface area contributed by atoms with Crippen LogP contribution in [0.1, 0.15) is 37.9 Å². The number of carboxylic acids is 1. The van der Waals surface area contributed by atoms with Crippen molar-refractivity contribution in [3.05, 3.63) is 40.9 Å². The van der Waals surface area contributed by atoms with E-state index in [1.807, 2.05) is 12.1 Å². The van der Waals surface area contributed by atoms with E-state index in [-0.39, 0.29) is 16.7 Å². The van der Waals surface area contributed by atoms with Gasteiger partial charge in [-0.2, -0.15) is 13.5 Å². The van der Waals surface area contributed by atoms with E-state index < -0.39 is 57.7 Å². The van der Waals surface area contributed by atoms with Gasteiger partial charge in [0.15, 0.2) is 16.8 Å². The molecule has 0 bridgehead atoms. The number of β-lactam (4-membered cyclic amide) rings is 1. The van der Waals surface area contributed by atoms with Crippen molar-refractivity contribution in [3.8, 4) is 5.75 Å². The Balaban J connectivity index is 1.44. The Morgan fingerprint density at radius 2 is 2.00 bits per heavy atom. The molecule has 2 aromatic rings. The molecular weight excluding hydrogens is 662 g/mol. The van der Waals surface area contributed by atoms with Crippen LogP contribution in [0.2, 0.25) is 0 Å². The van der Waals surface area contributed by atoms with E-state index in [0.29, 0.717) is 43.0 Å². The molecule has 256 valence electrons. The molecule has 1 aromatic carbocycles. The molecule has 0 spiro atoms. The Bertz CT molecular complexity index is 1660. The topological polar surface area (TPSA) is 282 Å². The van der Waals surface area contributed by atoms with Crippen LogP contribution < -0.4 is 32.2 Å². The number of ether oxygens (including phenoxy) is 1. The molecule has 47 heavy (non-hydrogen) atoms. The number of hydroxylamine groups is 2. The van der Waals surface area contributed by atoms with Gasteiger partial charge in [-0.1, -0.05) is 17.3 Å². The molecule has 2 aliphatic rings. The molecule has 0 aliphatic carbocycles. The smallest absolute Gasteiger partial charge is 0.418 e. The van der Waals surface area contributed by atoms with E-state index in [9.17, 15) is 27.9 Å². The second-order valence-electron chi connectivity index (χ2n) is 11.2. The lowest BCUT2D eigenvalue weighted by Gasteiger charge is -2.50. The van der Waals surface area contributed by atoms with Crippen LogP contribution in [0.15, 0.2) is 39.8 Å². The van der Waals surface area contributed by atoms with Crippen LogP contribution >= 0.6 is 11.3 Å². The first-order chi connectivity index (χ1) is 22.0. The minimum absolute atomic E-state index is 0.0561. The van der Waals surface area contributed by atoms with Crippen molar-refractivity contribution >= 4 is 56.3 Å². The van der Waals surface area contributed by atoms with Gasteiger partial charge in [0.05, 0.1) is 12.1 Å². The first-order valence-electron chi connectivity index (χ1n) is 14.0. The lowest BCUT2D eigenvalue weighted by Crippen LogP contribution is -2.76. The molecule has 21 heteroatoms. The maximum Gasteiger partial charge on any atom is 0.418 e. The maximum atomic E-state index is 13.3. The van der Waals surface area contributed by atoms with Crippen molar-refractivity contribution < 1.29 is 46.3 Å². The molecular formula is C26H35N9O10S2. The normalized spacial score (nSPS) is 20.6. The van der Waals surface area contributed by atoms with Gasteiger partial charge >= 0.3 is 16.4 Å². The first-order valence-corrected chi connectivity index (χ1v) is 16.3. The van der Waals surface area contributed by atoms with Crippen molar-refractivity contribution in [2.45, 2.75) is 43.9 Å². The number of anilines is 1. The average Bonchev–Trinajstić information content (AvgIpc) is 3.46. The van der Waals surface area contributed by atoms with E-state index in [1.54, 1.807) is 12.1 Å². The second-order valence-corrected chi connectivity index (χ2v) is 13.1. The van der Waals surface area contributed by atoms with Crippen LogP contribution in [0.4, 0.5) is 5.13 Å². The van der Waals surface area contributed by atoms with Gasteiger partial charge in [-0.3, -0.25) is 19.1 Å². The van der Waals surface area contributed by atoms with Crippen LogP contribution in [0, 0.1) is 0 Å². The quantitative estimate of drug-likeness (QED) is 0.0528. The summed E-state index contributed by atoms with van der Waals surface area (Å²) in [6.45, 7) is 5.70. The number of nitrogens with one attached hydrogen (secondary N) is 3. The number of nitrogen functional groups attached to an aromatic ring is 1. The van der Waals surface area contributed by atoms with Crippen molar-refractivity contribution in [2.24, 2.45) is 15.9 Å². The third kappa shape index (κ3) is 8.43. The van der Waals surface area contributed by atoms with Gasteiger partial charge in [-0.25, -0.2) is 9.78 Å². The Hall–Kier alpha value is -4.57. The third-order valence-corrected chi connectivity index (χ3v) is 8.19. The number of carbonyl (C=O) groups excluding carboxylic acids is 2. The summed E-state index contributed by atoms with van der Waals surface area (Å²) in [6.07, 6.45) is 0. The Labute approximate surface area is 273 Å². The third-order valence-electron chi connectivity index (χ3n) is 7.18. The highest BCUT2D eigenvalue weighted by molar-refractivity contribution is 7.80. The van der Waals surface area contributed by atoms with Crippen LogP contribution in [0.5, 0.6) is 5.75 Å². The lowest BCUT2D eigenvalue weighted by atomic mass is 9.84. The molecule has 3 unspecified atom stereocenters. The number of amides is 2. The van der Waals surface area contributed by atoms with Gasteiger partial charge in [0.25, 0.3) is 17.4 Å².